The van der Waals surface area contributed by atoms with Gasteiger partial charge in [-0.25, -0.2) is 0 Å². The fraction of sp³-hybridized carbons (Fsp3) is 0.438. The highest BCUT2D eigenvalue weighted by Gasteiger charge is 2.10. The van der Waals surface area contributed by atoms with Gasteiger partial charge in [-0.05, 0) is 31.4 Å². The first-order valence-electron chi connectivity index (χ1n) is 6.91. The first kappa shape index (κ1) is 13.8. The van der Waals surface area contributed by atoms with Gasteiger partial charge in [0.05, 0.1) is 5.69 Å². The quantitative estimate of drug-likeness (QED) is 0.894. The average molecular weight is 257 g/mol. The molecule has 0 fully saturated rings. The summed E-state index contributed by atoms with van der Waals surface area (Å²) in [5.41, 5.74) is 11.2. The van der Waals surface area contributed by atoms with Gasteiger partial charge in [-0.2, -0.15) is 5.10 Å². The molecular weight excluding hydrogens is 234 g/mol. The minimum Gasteiger partial charge on any atom is -0.327 e. The first-order valence-corrected chi connectivity index (χ1v) is 6.91. The average Bonchev–Trinajstić information content (AvgIpc) is 2.70. The zero-order chi connectivity index (χ0) is 13.8. The highest BCUT2D eigenvalue weighted by Crippen LogP contribution is 2.11. The van der Waals surface area contributed by atoms with Crippen LogP contribution in [0.15, 0.2) is 30.3 Å². The van der Waals surface area contributed by atoms with Gasteiger partial charge in [0.15, 0.2) is 0 Å². The molecule has 0 bridgehead atoms. The van der Waals surface area contributed by atoms with Crippen LogP contribution in [0.25, 0.3) is 0 Å². The Morgan fingerprint density at radius 3 is 2.68 bits per heavy atom. The Kier molecular flexibility index (Phi) is 4.38. The van der Waals surface area contributed by atoms with Crippen LogP contribution in [0.4, 0.5) is 0 Å². The summed E-state index contributed by atoms with van der Waals surface area (Å²) in [7, 11) is 1.99. The molecule has 3 heteroatoms. The maximum atomic E-state index is 6.27. The van der Waals surface area contributed by atoms with Crippen molar-refractivity contribution in [1.82, 2.24) is 9.78 Å². The molecule has 1 aromatic heterocycles. The minimum absolute atomic E-state index is 0.141. The zero-order valence-electron chi connectivity index (χ0n) is 12.1. The van der Waals surface area contributed by atoms with Crippen molar-refractivity contribution in [2.24, 2.45) is 12.8 Å². The highest BCUT2D eigenvalue weighted by molar-refractivity contribution is 5.23. The number of hydrogen-bond donors (Lipinski definition) is 1. The van der Waals surface area contributed by atoms with Gasteiger partial charge in [0.25, 0.3) is 0 Å². The summed E-state index contributed by atoms with van der Waals surface area (Å²) in [5, 5.41) is 4.46. The molecule has 0 aliphatic carbocycles. The molecule has 0 saturated heterocycles. The van der Waals surface area contributed by atoms with Gasteiger partial charge < -0.3 is 5.73 Å². The van der Waals surface area contributed by atoms with E-state index in [4.69, 9.17) is 5.73 Å². The third-order valence-corrected chi connectivity index (χ3v) is 3.44. The molecule has 3 nitrogen and oxygen atoms in total. The molecule has 1 atom stereocenters. The number of rotatable bonds is 5. The van der Waals surface area contributed by atoms with Gasteiger partial charge in [-0.1, -0.05) is 36.8 Å². The maximum Gasteiger partial charge on any atom is 0.0624 e. The topological polar surface area (TPSA) is 43.8 Å². The van der Waals surface area contributed by atoms with Gasteiger partial charge in [0.2, 0.25) is 0 Å². The van der Waals surface area contributed by atoms with Crippen molar-refractivity contribution in [3.63, 3.8) is 0 Å². The van der Waals surface area contributed by atoms with Crippen molar-refractivity contribution in [2.75, 3.05) is 0 Å². The molecule has 19 heavy (non-hydrogen) atoms. The van der Waals surface area contributed by atoms with Gasteiger partial charge in [-0.3, -0.25) is 4.68 Å². The van der Waals surface area contributed by atoms with Crippen molar-refractivity contribution in [1.29, 1.82) is 0 Å². The largest absolute Gasteiger partial charge is 0.327 e. The maximum absolute atomic E-state index is 6.27. The second-order valence-corrected chi connectivity index (χ2v) is 5.26. The lowest BCUT2D eigenvalue weighted by molar-refractivity contribution is 0.611. The van der Waals surface area contributed by atoms with E-state index in [0.29, 0.717) is 0 Å². The lowest BCUT2D eigenvalue weighted by Gasteiger charge is -2.12. The molecule has 1 aromatic carbocycles. The number of benzene rings is 1. The summed E-state index contributed by atoms with van der Waals surface area (Å²) in [6, 6.07) is 10.9. The molecule has 0 radical (unpaired) electrons. The van der Waals surface area contributed by atoms with Crippen LogP contribution in [0.1, 0.15) is 29.4 Å². The first-order chi connectivity index (χ1) is 9.08. The van der Waals surface area contributed by atoms with E-state index < -0.39 is 0 Å². The lowest BCUT2D eigenvalue weighted by atomic mass is 10.0. The van der Waals surface area contributed by atoms with E-state index in [0.717, 1.165) is 25.0 Å². The predicted octanol–water partition coefficient (Wildman–Crippen LogP) is 2.40. The fourth-order valence-electron chi connectivity index (χ4n) is 2.42. The standard InChI is InChI=1S/C16H23N3/c1-4-15-11-16(19(3)18-15)10-14(17)9-13-7-5-6-12(2)8-13/h5-8,11,14H,4,9-10,17H2,1-3H3. The summed E-state index contributed by atoms with van der Waals surface area (Å²) in [6.07, 6.45) is 2.76. The fourth-order valence-corrected chi connectivity index (χ4v) is 2.42. The molecule has 0 saturated carbocycles. The summed E-state index contributed by atoms with van der Waals surface area (Å²) >= 11 is 0. The molecule has 2 N–H and O–H groups in total. The Morgan fingerprint density at radius 1 is 1.26 bits per heavy atom. The van der Waals surface area contributed by atoms with Crippen LogP contribution in [0, 0.1) is 6.92 Å². The molecule has 0 aliphatic heterocycles. The molecule has 2 aromatic rings. The summed E-state index contributed by atoms with van der Waals surface area (Å²) in [5.74, 6) is 0. The van der Waals surface area contributed by atoms with Crippen LogP contribution in [0.3, 0.4) is 0 Å². The number of nitrogens with zero attached hydrogens (tertiary/aromatic N) is 2. The van der Waals surface area contributed by atoms with E-state index in [9.17, 15) is 0 Å². The van der Waals surface area contributed by atoms with E-state index in [-0.39, 0.29) is 6.04 Å². The van der Waals surface area contributed by atoms with Gasteiger partial charge in [0.1, 0.15) is 0 Å². The van der Waals surface area contributed by atoms with Gasteiger partial charge in [-0.15, -0.1) is 0 Å². The second-order valence-electron chi connectivity index (χ2n) is 5.26. The lowest BCUT2D eigenvalue weighted by Crippen LogP contribution is -2.26. The normalized spacial score (nSPS) is 12.6. The van der Waals surface area contributed by atoms with Crippen molar-refractivity contribution >= 4 is 0 Å². The molecule has 0 aliphatic rings. The number of aromatic nitrogens is 2. The van der Waals surface area contributed by atoms with Crippen LogP contribution < -0.4 is 5.73 Å². The van der Waals surface area contributed by atoms with E-state index >= 15 is 0 Å². The number of hydrogen-bond acceptors (Lipinski definition) is 2. The Balaban J connectivity index is 2.00. The Hall–Kier alpha value is -1.61. The molecule has 102 valence electrons. The van der Waals surface area contributed by atoms with Crippen molar-refractivity contribution in [3.8, 4) is 0 Å². The molecule has 2 rings (SSSR count). The third-order valence-electron chi connectivity index (χ3n) is 3.44. The van der Waals surface area contributed by atoms with Crippen LogP contribution in [0.5, 0.6) is 0 Å². The second kappa shape index (κ2) is 6.02. The summed E-state index contributed by atoms with van der Waals surface area (Å²) < 4.78 is 1.95. The Bertz CT molecular complexity index is 543. The summed E-state index contributed by atoms with van der Waals surface area (Å²) in [4.78, 5) is 0. The van der Waals surface area contributed by atoms with E-state index in [1.54, 1.807) is 0 Å². The number of aryl methyl sites for hydroxylation is 3. The molecular formula is C16H23N3. The van der Waals surface area contributed by atoms with Crippen LogP contribution >= 0.6 is 0 Å². The van der Waals surface area contributed by atoms with E-state index in [1.165, 1.54) is 16.8 Å². The molecule has 1 unspecified atom stereocenters. The Morgan fingerprint density at radius 2 is 2.05 bits per heavy atom. The minimum atomic E-state index is 0.141. The third kappa shape index (κ3) is 3.67. The monoisotopic (exact) mass is 257 g/mol. The van der Waals surface area contributed by atoms with E-state index in [1.807, 2.05) is 11.7 Å². The highest BCUT2D eigenvalue weighted by atomic mass is 15.3. The van der Waals surface area contributed by atoms with Gasteiger partial charge in [0, 0.05) is 25.2 Å². The predicted molar refractivity (Wildman–Crippen MR) is 79.1 cm³/mol. The zero-order valence-corrected chi connectivity index (χ0v) is 12.1. The van der Waals surface area contributed by atoms with Crippen molar-refractivity contribution in [2.45, 2.75) is 39.2 Å². The van der Waals surface area contributed by atoms with Crippen molar-refractivity contribution in [3.05, 3.63) is 52.8 Å². The summed E-state index contributed by atoms with van der Waals surface area (Å²) in [6.45, 7) is 4.24. The molecule has 1 heterocycles. The SMILES string of the molecule is CCc1cc(CC(N)Cc2cccc(C)c2)n(C)n1. The molecule has 0 amide bonds. The Labute approximate surface area is 115 Å². The molecule has 0 spiro atoms. The van der Waals surface area contributed by atoms with Crippen LogP contribution in [0.2, 0.25) is 0 Å². The number of nitrogens with two attached hydrogens (primary N) is 1. The van der Waals surface area contributed by atoms with Crippen molar-refractivity contribution < 1.29 is 0 Å². The smallest absolute Gasteiger partial charge is 0.0624 e. The van der Waals surface area contributed by atoms with Crippen LogP contribution in [-0.4, -0.2) is 15.8 Å². The van der Waals surface area contributed by atoms with E-state index in [2.05, 4.69) is 49.3 Å². The van der Waals surface area contributed by atoms with Gasteiger partial charge >= 0.3 is 0 Å². The van der Waals surface area contributed by atoms with Crippen LogP contribution in [-0.2, 0) is 26.3 Å².